The molecule has 0 radical (unpaired) electrons. The van der Waals surface area contributed by atoms with E-state index >= 15 is 0 Å². The number of guanidine groups is 1. The summed E-state index contributed by atoms with van der Waals surface area (Å²) in [6.45, 7) is 5.84. The molecule has 0 aliphatic rings. The highest BCUT2D eigenvalue weighted by Crippen LogP contribution is 2.14. The summed E-state index contributed by atoms with van der Waals surface area (Å²) >= 11 is 1.77. The quantitative estimate of drug-likeness (QED) is 0.452. The number of rotatable bonds is 4. The third-order valence-corrected chi connectivity index (χ3v) is 4.17. The van der Waals surface area contributed by atoms with Crippen LogP contribution in [0.5, 0.6) is 0 Å². The second-order valence-corrected chi connectivity index (χ2v) is 5.80. The number of hydrogen-bond donors (Lipinski definition) is 2. The molecule has 0 aliphatic carbocycles. The van der Waals surface area contributed by atoms with E-state index in [9.17, 15) is 0 Å². The fraction of sp³-hybridized carbons (Fsp3) is 0.312. The Kier molecular flexibility index (Phi) is 7.74. The molecule has 0 amide bonds. The van der Waals surface area contributed by atoms with Crippen LogP contribution in [0.4, 0.5) is 0 Å². The summed E-state index contributed by atoms with van der Waals surface area (Å²) in [6, 6.07) is 10.6. The summed E-state index contributed by atoms with van der Waals surface area (Å²) < 4.78 is 0. The van der Waals surface area contributed by atoms with E-state index in [4.69, 9.17) is 0 Å². The molecule has 0 aliphatic heterocycles. The van der Waals surface area contributed by atoms with Crippen molar-refractivity contribution in [1.82, 2.24) is 10.6 Å². The highest BCUT2D eigenvalue weighted by molar-refractivity contribution is 14.0. The Hall–Kier alpha value is -1.08. The Balaban J connectivity index is 0.00000220. The average molecular weight is 415 g/mol. The molecule has 5 heteroatoms. The topological polar surface area (TPSA) is 36.4 Å². The number of halogens is 1. The van der Waals surface area contributed by atoms with Crippen LogP contribution < -0.4 is 10.6 Å². The zero-order valence-electron chi connectivity index (χ0n) is 12.6. The van der Waals surface area contributed by atoms with Gasteiger partial charge in [-0.15, -0.1) is 35.3 Å². The number of hydrogen-bond acceptors (Lipinski definition) is 2. The lowest BCUT2D eigenvalue weighted by Crippen LogP contribution is -2.36. The molecule has 0 bridgehead atoms. The SMILES string of the molecule is CN=C(NCc1cccc(C)c1)NCc1sccc1C.I. The van der Waals surface area contributed by atoms with Crippen molar-refractivity contribution in [3.05, 3.63) is 57.3 Å². The van der Waals surface area contributed by atoms with Crippen LogP contribution in [0.1, 0.15) is 21.6 Å². The lowest BCUT2D eigenvalue weighted by molar-refractivity contribution is 0.813. The van der Waals surface area contributed by atoms with Crippen LogP contribution in [-0.4, -0.2) is 13.0 Å². The molecule has 0 saturated heterocycles. The number of aliphatic imine (C=N–C) groups is 1. The van der Waals surface area contributed by atoms with Gasteiger partial charge in [-0.3, -0.25) is 4.99 Å². The first-order chi connectivity index (χ1) is 9.69. The number of nitrogens with zero attached hydrogens (tertiary/aromatic N) is 1. The fourth-order valence-corrected chi connectivity index (χ4v) is 2.82. The van der Waals surface area contributed by atoms with Gasteiger partial charge in [0.1, 0.15) is 0 Å². The van der Waals surface area contributed by atoms with Crippen LogP contribution in [-0.2, 0) is 13.1 Å². The number of nitrogens with one attached hydrogen (secondary N) is 2. The smallest absolute Gasteiger partial charge is 0.191 e. The van der Waals surface area contributed by atoms with Crippen molar-refractivity contribution in [2.24, 2.45) is 4.99 Å². The molecule has 1 aromatic heterocycles. The van der Waals surface area contributed by atoms with Crippen molar-refractivity contribution in [3.8, 4) is 0 Å². The van der Waals surface area contributed by atoms with Gasteiger partial charge in [0.25, 0.3) is 0 Å². The summed E-state index contributed by atoms with van der Waals surface area (Å²) in [4.78, 5) is 5.60. The van der Waals surface area contributed by atoms with Crippen molar-refractivity contribution >= 4 is 41.3 Å². The van der Waals surface area contributed by atoms with E-state index in [1.807, 2.05) is 0 Å². The zero-order chi connectivity index (χ0) is 14.4. The first kappa shape index (κ1) is 18.0. The van der Waals surface area contributed by atoms with Crippen molar-refractivity contribution in [3.63, 3.8) is 0 Å². The minimum Gasteiger partial charge on any atom is -0.352 e. The second-order valence-electron chi connectivity index (χ2n) is 4.80. The van der Waals surface area contributed by atoms with Crippen molar-refractivity contribution in [2.45, 2.75) is 26.9 Å². The summed E-state index contributed by atoms with van der Waals surface area (Å²) in [5.74, 6) is 0.833. The van der Waals surface area contributed by atoms with Crippen LogP contribution in [0.25, 0.3) is 0 Å². The molecule has 0 spiro atoms. The van der Waals surface area contributed by atoms with Gasteiger partial charge < -0.3 is 10.6 Å². The lowest BCUT2D eigenvalue weighted by atomic mass is 10.1. The Bertz CT molecular complexity index is 593. The van der Waals surface area contributed by atoms with E-state index < -0.39 is 0 Å². The molecule has 0 atom stereocenters. The third kappa shape index (κ3) is 5.67. The molecule has 0 fully saturated rings. The summed E-state index contributed by atoms with van der Waals surface area (Å²) in [7, 11) is 1.80. The normalized spacial score (nSPS) is 10.9. The van der Waals surface area contributed by atoms with E-state index in [2.05, 4.69) is 65.2 Å². The highest BCUT2D eigenvalue weighted by atomic mass is 127. The minimum atomic E-state index is 0. The highest BCUT2D eigenvalue weighted by Gasteiger charge is 2.02. The second kappa shape index (κ2) is 9.04. The summed E-state index contributed by atoms with van der Waals surface area (Å²) in [5.41, 5.74) is 3.87. The molecule has 114 valence electrons. The molecular formula is C16H22IN3S. The molecule has 0 unspecified atom stereocenters. The molecule has 2 rings (SSSR count). The van der Waals surface area contributed by atoms with Gasteiger partial charge in [0, 0.05) is 18.5 Å². The maximum absolute atomic E-state index is 4.25. The Morgan fingerprint density at radius 2 is 1.90 bits per heavy atom. The van der Waals surface area contributed by atoms with Gasteiger partial charge in [-0.25, -0.2) is 0 Å². The zero-order valence-corrected chi connectivity index (χ0v) is 15.8. The Morgan fingerprint density at radius 1 is 1.14 bits per heavy atom. The van der Waals surface area contributed by atoms with E-state index in [0.29, 0.717) is 0 Å². The molecule has 2 N–H and O–H groups in total. The van der Waals surface area contributed by atoms with Gasteiger partial charge in [-0.05, 0) is 36.4 Å². The first-order valence-corrected chi connectivity index (χ1v) is 7.60. The van der Waals surface area contributed by atoms with Gasteiger partial charge >= 0.3 is 0 Å². The maximum atomic E-state index is 4.25. The number of thiophene rings is 1. The van der Waals surface area contributed by atoms with Gasteiger partial charge in [0.15, 0.2) is 5.96 Å². The third-order valence-electron chi connectivity index (χ3n) is 3.15. The number of aryl methyl sites for hydroxylation is 2. The molecular weight excluding hydrogens is 393 g/mol. The molecule has 21 heavy (non-hydrogen) atoms. The predicted octanol–water partition coefficient (Wildman–Crippen LogP) is 3.85. The van der Waals surface area contributed by atoms with Crippen LogP contribution >= 0.6 is 35.3 Å². The minimum absolute atomic E-state index is 0. The Morgan fingerprint density at radius 3 is 2.52 bits per heavy atom. The van der Waals surface area contributed by atoms with E-state index in [-0.39, 0.29) is 24.0 Å². The number of benzene rings is 1. The summed E-state index contributed by atoms with van der Waals surface area (Å²) in [6.07, 6.45) is 0. The van der Waals surface area contributed by atoms with Crippen LogP contribution in [0.15, 0.2) is 40.7 Å². The monoisotopic (exact) mass is 415 g/mol. The maximum Gasteiger partial charge on any atom is 0.191 e. The van der Waals surface area contributed by atoms with Crippen LogP contribution in [0.3, 0.4) is 0 Å². The molecule has 3 nitrogen and oxygen atoms in total. The first-order valence-electron chi connectivity index (χ1n) is 6.72. The van der Waals surface area contributed by atoms with Crippen molar-refractivity contribution in [2.75, 3.05) is 7.05 Å². The van der Waals surface area contributed by atoms with E-state index in [1.165, 1.54) is 21.6 Å². The largest absolute Gasteiger partial charge is 0.352 e. The standard InChI is InChI=1S/C16H21N3S.HI/c1-12-5-4-6-14(9-12)10-18-16(17-3)19-11-15-13(2)7-8-20-15;/h4-9H,10-11H2,1-3H3,(H2,17,18,19);1H. The van der Waals surface area contributed by atoms with Gasteiger partial charge in [-0.1, -0.05) is 29.8 Å². The van der Waals surface area contributed by atoms with Crippen molar-refractivity contribution in [1.29, 1.82) is 0 Å². The van der Waals surface area contributed by atoms with E-state index in [0.717, 1.165) is 19.0 Å². The molecule has 1 aromatic carbocycles. The van der Waals surface area contributed by atoms with Gasteiger partial charge in [0.05, 0.1) is 6.54 Å². The summed E-state index contributed by atoms with van der Waals surface area (Å²) in [5, 5.41) is 8.81. The van der Waals surface area contributed by atoms with Gasteiger partial charge in [0.2, 0.25) is 0 Å². The van der Waals surface area contributed by atoms with Crippen molar-refractivity contribution < 1.29 is 0 Å². The average Bonchev–Trinajstić information content (AvgIpc) is 2.85. The van der Waals surface area contributed by atoms with Gasteiger partial charge in [-0.2, -0.15) is 0 Å². The Labute approximate surface area is 147 Å². The van der Waals surface area contributed by atoms with E-state index in [1.54, 1.807) is 18.4 Å². The molecule has 1 heterocycles. The van der Waals surface area contributed by atoms with Crippen LogP contribution in [0, 0.1) is 13.8 Å². The fourth-order valence-electron chi connectivity index (χ4n) is 1.98. The predicted molar refractivity (Wildman–Crippen MR) is 103 cm³/mol. The lowest BCUT2D eigenvalue weighted by Gasteiger charge is -2.12. The molecule has 2 aromatic rings. The van der Waals surface area contributed by atoms with Crippen LogP contribution in [0.2, 0.25) is 0 Å². The molecule has 0 saturated carbocycles.